The van der Waals surface area contributed by atoms with Gasteiger partial charge in [0, 0.05) is 40.2 Å². The van der Waals surface area contributed by atoms with Crippen molar-refractivity contribution in [1.82, 2.24) is 4.90 Å². The number of thioether (sulfide) groups is 1. The Balaban J connectivity index is 2.28. The Bertz CT molecular complexity index is 542. The van der Waals surface area contributed by atoms with Gasteiger partial charge in [-0.15, -0.1) is 0 Å². The number of halogens is 1. The molecule has 1 saturated heterocycles. The maximum Gasteiger partial charge on any atom is 0.270 e. The van der Waals surface area contributed by atoms with E-state index in [1.54, 1.807) is 11.0 Å². The third-order valence-electron chi connectivity index (χ3n) is 3.10. The van der Waals surface area contributed by atoms with Gasteiger partial charge in [0.1, 0.15) is 0 Å². The zero-order valence-corrected chi connectivity index (χ0v) is 13.6. The number of hydrogen-bond donors (Lipinski definition) is 0. The Kier molecular flexibility index (Phi) is 4.70. The van der Waals surface area contributed by atoms with Gasteiger partial charge in [0.25, 0.3) is 11.6 Å². The Hall–Kier alpha value is -1.08. The van der Waals surface area contributed by atoms with Crippen LogP contribution in [0.25, 0.3) is 0 Å². The monoisotopic (exact) mass is 358 g/mol. The Labute approximate surface area is 130 Å². The van der Waals surface area contributed by atoms with Crippen molar-refractivity contribution in [1.29, 1.82) is 0 Å². The maximum absolute atomic E-state index is 12.6. The highest BCUT2D eigenvalue weighted by molar-refractivity contribution is 9.10. The van der Waals surface area contributed by atoms with Crippen molar-refractivity contribution < 1.29 is 9.72 Å². The number of benzene rings is 1. The number of carbonyl (C=O) groups excluding carboxylic acids is 1. The second-order valence-electron chi connectivity index (χ2n) is 4.89. The maximum atomic E-state index is 12.6. The molecule has 2 rings (SSSR count). The fraction of sp³-hybridized carbons (Fsp3) is 0.462. The van der Waals surface area contributed by atoms with Crippen molar-refractivity contribution >= 4 is 39.3 Å². The van der Waals surface area contributed by atoms with Gasteiger partial charge in [-0.2, -0.15) is 11.8 Å². The lowest BCUT2D eigenvalue weighted by molar-refractivity contribution is -0.384. The molecule has 0 aliphatic carbocycles. The van der Waals surface area contributed by atoms with E-state index in [0.717, 1.165) is 0 Å². The number of nitro groups is 1. The fourth-order valence-electron chi connectivity index (χ4n) is 2.30. The highest BCUT2D eigenvalue weighted by Gasteiger charge is 2.28. The standard InChI is InChI=1S/C13H15BrN2O3S/c1-8-6-15(7-9(2)20-8)13(17)11-5-10(16(18)19)3-4-12(11)14/h3-5,8-9H,6-7H2,1-2H3. The molecular formula is C13H15BrN2O3S. The molecule has 1 aromatic rings. The number of amides is 1. The molecule has 0 aromatic heterocycles. The molecule has 0 saturated carbocycles. The summed E-state index contributed by atoms with van der Waals surface area (Å²) in [5, 5.41) is 11.6. The molecule has 1 heterocycles. The van der Waals surface area contributed by atoms with Crippen LogP contribution in [-0.4, -0.2) is 39.3 Å². The molecule has 108 valence electrons. The number of nitrogens with zero attached hydrogens (tertiary/aromatic N) is 2. The second kappa shape index (κ2) is 6.13. The molecule has 0 bridgehead atoms. The van der Waals surface area contributed by atoms with Crippen LogP contribution in [0.15, 0.2) is 22.7 Å². The van der Waals surface area contributed by atoms with E-state index in [4.69, 9.17) is 0 Å². The Morgan fingerprint density at radius 2 is 2.00 bits per heavy atom. The summed E-state index contributed by atoms with van der Waals surface area (Å²) in [5.41, 5.74) is 0.287. The molecule has 5 nitrogen and oxygen atoms in total. The summed E-state index contributed by atoms with van der Waals surface area (Å²) < 4.78 is 0.589. The van der Waals surface area contributed by atoms with Crippen molar-refractivity contribution in [3.8, 4) is 0 Å². The minimum absolute atomic E-state index is 0.0657. The second-order valence-corrected chi connectivity index (χ2v) is 7.62. The van der Waals surface area contributed by atoms with Gasteiger partial charge >= 0.3 is 0 Å². The zero-order chi connectivity index (χ0) is 14.9. The Morgan fingerprint density at radius 3 is 2.55 bits per heavy atom. The van der Waals surface area contributed by atoms with Gasteiger partial charge in [0.2, 0.25) is 0 Å². The van der Waals surface area contributed by atoms with Gasteiger partial charge in [-0.25, -0.2) is 0 Å². The lowest BCUT2D eigenvalue weighted by Crippen LogP contribution is -2.44. The van der Waals surface area contributed by atoms with Gasteiger partial charge in [-0.3, -0.25) is 14.9 Å². The summed E-state index contributed by atoms with van der Waals surface area (Å²) in [6, 6.07) is 4.28. The highest BCUT2D eigenvalue weighted by Crippen LogP contribution is 2.28. The molecule has 20 heavy (non-hydrogen) atoms. The number of rotatable bonds is 2. The number of hydrogen-bond acceptors (Lipinski definition) is 4. The quantitative estimate of drug-likeness (QED) is 0.600. The van der Waals surface area contributed by atoms with Crippen molar-refractivity contribution in [2.45, 2.75) is 24.3 Å². The lowest BCUT2D eigenvalue weighted by atomic mass is 10.1. The molecule has 1 fully saturated rings. The van der Waals surface area contributed by atoms with Crippen LogP contribution in [0.4, 0.5) is 5.69 Å². The molecule has 2 atom stereocenters. The first-order valence-electron chi connectivity index (χ1n) is 6.27. The van der Waals surface area contributed by atoms with Crippen molar-refractivity contribution in [3.63, 3.8) is 0 Å². The summed E-state index contributed by atoms with van der Waals surface area (Å²) in [7, 11) is 0. The Morgan fingerprint density at radius 1 is 1.40 bits per heavy atom. The highest BCUT2D eigenvalue weighted by atomic mass is 79.9. The predicted molar refractivity (Wildman–Crippen MR) is 83.2 cm³/mol. The first-order chi connectivity index (χ1) is 9.38. The van der Waals surface area contributed by atoms with E-state index in [9.17, 15) is 14.9 Å². The summed E-state index contributed by atoms with van der Waals surface area (Å²) in [4.78, 5) is 24.7. The van der Waals surface area contributed by atoms with Crippen molar-refractivity contribution in [2.24, 2.45) is 0 Å². The fourth-order valence-corrected chi connectivity index (χ4v) is 4.05. The van der Waals surface area contributed by atoms with Crippen LogP contribution in [0.2, 0.25) is 0 Å². The first kappa shape index (κ1) is 15.3. The molecule has 1 aliphatic rings. The van der Waals surface area contributed by atoms with Crippen LogP contribution in [0.5, 0.6) is 0 Å². The van der Waals surface area contributed by atoms with Gasteiger partial charge in [-0.1, -0.05) is 13.8 Å². The van der Waals surface area contributed by atoms with Crippen molar-refractivity contribution in [3.05, 3.63) is 38.3 Å². The SMILES string of the molecule is CC1CN(C(=O)c2cc([N+](=O)[O-])ccc2Br)CC(C)S1. The minimum Gasteiger partial charge on any atom is -0.336 e. The smallest absolute Gasteiger partial charge is 0.270 e. The molecule has 0 N–H and O–H groups in total. The summed E-state index contributed by atoms with van der Waals surface area (Å²) in [5.74, 6) is -0.153. The molecule has 2 unspecified atom stereocenters. The van der Waals surface area contributed by atoms with E-state index < -0.39 is 4.92 Å². The molecular weight excluding hydrogens is 344 g/mol. The van der Waals surface area contributed by atoms with Gasteiger partial charge < -0.3 is 4.90 Å². The first-order valence-corrected chi connectivity index (χ1v) is 8.00. The minimum atomic E-state index is -0.486. The molecule has 0 spiro atoms. The number of carbonyl (C=O) groups is 1. The van der Waals surface area contributed by atoms with Gasteiger partial charge in [-0.05, 0) is 22.0 Å². The van der Waals surface area contributed by atoms with Crippen molar-refractivity contribution in [2.75, 3.05) is 13.1 Å². The number of non-ortho nitro benzene ring substituents is 1. The molecule has 1 amide bonds. The van der Waals surface area contributed by atoms with Crippen LogP contribution >= 0.6 is 27.7 Å². The lowest BCUT2D eigenvalue weighted by Gasteiger charge is -2.34. The van der Waals surface area contributed by atoms with E-state index in [1.165, 1.54) is 12.1 Å². The van der Waals surface area contributed by atoms with Crippen LogP contribution in [0, 0.1) is 10.1 Å². The molecule has 1 aliphatic heterocycles. The third kappa shape index (κ3) is 3.32. The van der Waals surface area contributed by atoms with E-state index >= 15 is 0 Å². The molecule has 1 aromatic carbocycles. The summed E-state index contributed by atoms with van der Waals surface area (Å²) in [6.07, 6.45) is 0. The van der Waals surface area contributed by atoms with E-state index in [0.29, 0.717) is 33.6 Å². The average Bonchev–Trinajstić information content (AvgIpc) is 2.37. The molecule has 7 heteroatoms. The van der Waals surface area contributed by atoms with Gasteiger partial charge in [0.05, 0.1) is 10.5 Å². The van der Waals surface area contributed by atoms with E-state index in [2.05, 4.69) is 29.8 Å². The normalized spacial score (nSPS) is 22.6. The zero-order valence-electron chi connectivity index (χ0n) is 11.2. The topological polar surface area (TPSA) is 63.5 Å². The third-order valence-corrected chi connectivity index (χ3v) is 5.02. The van der Waals surface area contributed by atoms with Crippen LogP contribution in [0.1, 0.15) is 24.2 Å². The van der Waals surface area contributed by atoms with E-state index in [-0.39, 0.29) is 11.6 Å². The predicted octanol–water partition coefficient (Wildman–Crippen LogP) is 3.32. The summed E-state index contributed by atoms with van der Waals surface area (Å²) in [6.45, 7) is 5.51. The van der Waals surface area contributed by atoms with Crippen LogP contribution < -0.4 is 0 Å². The molecule has 0 radical (unpaired) electrons. The summed E-state index contributed by atoms with van der Waals surface area (Å²) >= 11 is 5.16. The van der Waals surface area contributed by atoms with E-state index in [1.807, 2.05) is 11.8 Å². The average molecular weight is 359 g/mol. The van der Waals surface area contributed by atoms with Gasteiger partial charge in [0.15, 0.2) is 0 Å². The van der Waals surface area contributed by atoms with Crippen LogP contribution in [-0.2, 0) is 0 Å². The largest absolute Gasteiger partial charge is 0.336 e. The van der Waals surface area contributed by atoms with Crippen LogP contribution in [0.3, 0.4) is 0 Å². The number of nitro benzene ring substituents is 1.